The number of nitrogens with one attached hydrogen (secondary N) is 2. The van der Waals surface area contributed by atoms with Gasteiger partial charge in [0, 0.05) is 31.7 Å². The van der Waals surface area contributed by atoms with E-state index in [0.29, 0.717) is 18.1 Å². The zero-order valence-corrected chi connectivity index (χ0v) is 12.5. The highest BCUT2D eigenvalue weighted by Gasteiger charge is 2.05. The number of anilines is 1. The molecular weight excluding hydrogens is 294 g/mol. The van der Waals surface area contributed by atoms with Gasteiger partial charge in [0.25, 0.3) is 0 Å². The first-order valence-corrected chi connectivity index (χ1v) is 7.28. The molecule has 0 atom stereocenters. The highest BCUT2D eigenvalue weighted by Crippen LogP contribution is 2.08. The molecule has 8 nitrogen and oxygen atoms in total. The average Bonchev–Trinajstić information content (AvgIpc) is 3.24. The van der Waals surface area contributed by atoms with E-state index < -0.39 is 0 Å². The highest BCUT2D eigenvalue weighted by atomic mass is 16.2. The third-order valence-corrected chi connectivity index (χ3v) is 3.16. The first kappa shape index (κ1) is 14.8. The molecule has 0 aliphatic rings. The fourth-order valence-corrected chi connectivity index (χ4v) is 2.06. The van der Waals surface area contributed by atoms with Gasteiger partial charge >= 0.3 is 6.03 Å². The maximum atomic E-state index is 11.8. The number of aryl methyl sites for hydroxylation is 1. The molecule has 118 valence electrons. The molecular formula is C15H17N7O. The van der Waals surface area contributed by atoms with Crippen LogP contribution in [0.1, 0.15) is 6.42 Å². The fraction of sp³-hybridized carbons (Fsp3) is 0.200. The molecule has 0 saturated heterocycles. The minimum Gasteiger partial charge on any atom is -0.338 e. The van der Waals surface area contributed by atoms with Crippen molar-refractivity contribution in [1.82, 2.24) is 29.6 Å². The molecule has 3 aromatic rings. The van der Waals surface area contributed by atoms with Gasteiger partial charge in [-0.3, -0.25) is 0 Å². The molecule has 2 amide bonds. The van der Waals surface area contributed by atoms with Crippen molar-refractivity contribution in [1.29, 1.82) is 0 Å². The Kier molecular flexibility index (Phi) is 4.63. The van der Waals surface area contributed by atoms with Crippen molar-refractivity contribution in [2.75, 3.05) is 11.9 Å². The maximum Gasteiger partial charge on any atom is 0.319 e. The molecule has 3 rings (SSSR count). The molecule has 2 N–H and O–H groups in total. The summed E-state index contributed by atoms with van der Waals surface area (Å²) in [5.74, 6) is 0.696. The Labute approximate surface area is 133 Å². The summed E-state index contributed by atoms with van der Waals surface area (Å²) in [4.78, 5) is 20.0. The minimum atomic E-state index is -0.254. The lowest BCUT2D eigenvalue weighted by Crippen LogP contribution is -2.29. The van der Waals surface area contributed by atoms with Crippen molar-refractivity contribution in [2.45, 2.75) is 13.0 Å². The summed E-state index contributed by atoms with van der Waals surface area (Å²) < 4.78 is 3.57. The van der Waals surface area contributed by atoms with Gasteiger partial charge in [0.1, 0.15) is 0 Å². The van der Waals surface area contributed by atoms with Gasteiger partial charge < -0.3 is 15.2 Å². The molecule has 23 heavy (non-hydrogen) atoms. The third-order valence-electron chi connectivity index (χ3n) is 3.16. The lowest BCUT2D eigenvalue weighted by molar-refractivity contribution is 0.252. The van der Waals surface area contributed by atoms with Crippen LogP contribution in [0.2, 0.25) is 0 Å². The topological polar surface area (TPSA) is 89.7 Å². The molecule has 0 bridgehead atoms. The predicted molar refractivity (Wildman–Crippen MR) is 85.2 cm³/mol. The van der Waals surface area contributed by atoms with Gasteiger partial charge in [-0.05, 0) is 18.6 Å². The van der Waals surface area contributed by atoms with Crippen LogP contribution in [0.15, 0.2) is 55.5 Å². The smallest absolute Gasteiger partial charge is 0.319 e. The zero-order chi connectivity index (χ0) is 15.9. The first-order valence-electron chi connectivity index (χ1n) is 7.28. The van der Waals surface area contributed by atoms with E-state index >= 15 is 0 Å². The monoisotopic (exact) mass is 311 g/mol. The molecule has 0 radical (unpaired) electrons. The van der Waals surface area contributed by atoms with Crippen LogP contribution in [0.3, 0.4) is 0 Å². The van der Waals surface area contributed by atoms with Crippen molar-refractivity contribution in [2.24, 2.45) is 0 Å². The zero-order valence-electron chi connectivity index (χ0n) is 12.5. The molecule has 3 aromatic heterocycles. The molecule has 0 fully saturated rings. The molecule has 0 spiro atoms. The van der Waals surface area contributed by atoms with E-state index in [1.807, 2.05) is 29.0 Å². The van der Waals surface area contributed by atoms with Gasteiger partial charge in [0.15, 0.2) is 5.82 Å². The van der Waals surface area contributed by atoms with Gasteiger partial charge in [-0.1, -0.05) is 6.07 Å². The predicted octanol–water partition coefficient (Wildman–Crippen LogP) is 1.68. The van der Waals surface area contributed by atoms with Gasteiger partial charge in [0.2, 0.25) is 0 Å². The molecule has 0 unspecified atom stereocenters. The van der Waals surface area contributed by atoms with Crippen LogP contribution in [-0.4, -0.2) is 36.9 Å². The van der Waals surface area contributed by atoms with E-state index in [4.69, 9.17) is 0 Å². The molecule has 0 aliphatic heterocycles. The largest absolute Gasteiger partial charge is 0.338 e. The van der Waals surface area contributed by atoms with Crippen molar-refractivity contribution >= 4 is 11.7 Å². The first-order chi connectivity index (χ1) is 11.3. The van der Waals surface area contributed by atoms with E-state index in [9.17, 15) is 4.79 Å². The Morgan fingerprint density at radius 3 is 3.00 bits per heavy atom. The Morgan fingerprint density at radius 2 is 2.22 bits per heavy atom. The second-order valence-corrected chi connectivity index (χ2v) is 4.90. The molecule has 0 saturated carbocycles. The number of imidazole rings is 1. The maximum absolute atomic E-state index is 11.8. The quantitative estimate of drug-likeness (QED) is 0.678. The number of aromatic nitrogens is 5. The van der Waals surface area contributed by atoms with E-state index in [2.05, 4.69) is 25.7 Å². The number of pyridine rings is 1. The fourth-order valence-electron chi connectivity index (χ4n) is 2.06. The normalized spacial score (nSPS) is 10.4. The number of urea groups is 1. The van der Waals surface area contributed by atoms with E-state index in [1.54, 1.807) is 35.8 Å². The van der Waals surface area contributed by atoms with Crippen LogP contribution in [0, 0.1) is 0 Å². The van der Waals surface area contributed by atoms with Crippen LogP contribution >= 0.6 is 0 Å². The Balaban J connectivity index is 1.44. The number of carbonyl (C=O) groups excluding carboxylic acids is 1. The second kappa shape index (κ2) is 7.21. The van der Waals surface area contributed by atoms with Crippen LogP contribution in [0.25, 0.3) is 5.82 Å². The number of hydrogen-bond donors (Lipinski definition) is 2. The Morgan fingerprint density at radius 1 is 1.26 bits per heavy atom. The van der Waals surface area contributed by atoms with Gasteiger partial charge in [0.05, 0.1) is 24.4 Å². The standard InChI is InChI=1S/C15H17N7O/c23-15(18-6-3-8-21-9-7-16-12-21)20-13-10-19-22(11-13)14-4-1-2-5-17-14/h1-2,4-5,7,9-12H,3,6,8H2,(H2,18,20,23). The summed E-state index contributed by atoms with van der Waals surface area (Å²) in [5.41, 5.74) is 0.614. The molecule has 0 aliphatic carbocycles. The van der Waals surface area contributed by atoms with Crippen LogP contribution in [-0.2, 0) is 6.54 Å². The van der Waals surface area contributed by atoms with Gasteiger partial charge in [-0.2, -0.15) is 5.10 Å². The SMILES string of the molecule is O=C(NCCCn1ccnc1)Nc1cnn(-c2ccccn2)c1. The summed E-state index contributed by atoms with van der Waals surface area (Å²) in [6, 6.07) is 5.30. The van der Waals surface area contributed by atoms with E-state index in [-0.39, 0.29) is 6.03 Å². The van der Waals surface area contributed by atoms with Crippen molar-refractivity contribution in [3.05, 3.63) is 55.5 Å². The van der Waals surface area contributed by atoms with Crippen LogP contribution in [0.4, 0.5) is 10.5 Å². The van der Waals surface area contributed by atoms with Gasteiger partial charge in [-0.15, -0.1) is 0 Å². The van der Waals surface area contributed by atoms with E-state index in [0.717, 1.165) is 13.0 Å². The van der Waals surface area contributed by atoms with Crippen LogP contribution in [0.5, 0.6) is 0 Å². The number of nitrogens with zero attached hydrogens (tertiary/aromatic N) is 5. The van der Waals surface area contributed by atoms with Crippen molar-refractivity contribution in [3.8, 4) is 5.82 Å². The number of carbonyl (C=O) groups is 1. The Bertz CT molecular complexity index is 736. The summed E-state index contributed by atoms with van der Waals surface area (Å²) in [6.07, 6.45) is 11.2. The number of amides is 2. The minimum absolute atomic E-state index is 0.254. The lowest BCUT2D eigenvalue weighted by Gasteiger charge is -2.06. The summed E-state index contributed by atoms with van der Waals surface area (Å²) >= 11 is 0. The highest BCUT2D eigenvalue weighted by molar-refractivity contribution is 5.88. The van der Waals surface area contributed by atoms with Crippen molar-refractivity contribution in [3.63, 3.8) is 0 Å². The Hall–Kier alpha value is -3.16. The van der Waals surface area contributed by atoms with Crippen LogP contribution < -0.4 is 10.6 Å². The van der Waals surface area contributed by atoms with Crippen molar-refractivity contribution < 1.29 is 4.79 Å². The van der Waals surface area contributed by atoms with E-state index in [1.165, 1.54) is 0 Å². The molecule has 8 heteroatoms. The summed E-state index contributed by atoms with van der Waals surface area (Å²) in [5, 5.41) is 9.72. The lowest BCUT2D eigenvalue weighted by atomic mass is 10.4. The summed E-state index contributed by atoms with van der Waals surface area (Å²) in [6.45, 7) is 1.40. The number of rotatable bonds is 6. The number of hydrogen-bond acceptors (Lipinski definition) is 4. The average molecular weight is 311 g/mol. The molecule has 0 aromatic carbocycles. The third kappa shape index (κ3) is 4.16. The van der Waals surface area contributed by atoms with Gasteiger partial charge in [-0.25, -0.2) is 19.4 Å². The second-order valence-electron chi connectivity index (χ2n) is 4.90. The summed E-state index contributed by atoms with van der Waals surface area (Å²) in [7, 11) is 0. The molecule has 3 heterocycles.